The summed E-state index contributed by atoms with van der Waals surface area (Å²) in [4.78, 5) is 0. The molecule has 124 valence electrons. The van der Waals surface area contributed by atoms with Crippen molar-refractivity contribution in [2.75, 3.05) is 0 Å². The highest BCUT2D eigenvalue weighted by Crippen LogP contribution is 2.42. The summed E-state index contributed by atoms with van der Waals surface area (Å²) in [5.74, 6) is -0.267. The van der Waals surface area contributed by atoms with E-state index in [-0.39, 0.29) is 40.5 Å². The molecule has 4 aromatic carbocycles. The largest absolute Gasteiger partial charge is 0.507 e. The van der Waals surface area contributed by atoms with Crippen molar-refractivity contribution in [3.8, 4) is 23.0 Å². The van der Waals surface area contributed by atoms with Gasteiger partial charge in [-0.15, -0.1) is 0 Å². The summed E-state index contributed by atoms with van der Waals surface area (Å²) in [7, 11) is 0. The zero-order valence-electron chi connectivity index (χ0n) is 13.3. The van der Waals surface area contributed by atoms with Crippen molar-refractivity contribution in [3.05, 3.63) is 71.8 Å². The Balaban J connectivity index is 1.91. The Kier molecular flexibility index (Phi) is 3.39. The molecule has 25 heavy (non-hydrogen) atoms. The van der Waals surface area contributed by atoms with Crippen LogP contribution in [0.15, 0.2) is 60.7 Å². The van der Waals surface area contributed by atoms with Gasteiger partial charge in [0.15, 0.2) is 0 Å². The van der Waals surface area contributed by atoms with E-state index in [1.54, 1.807) is 48.5 Å². The average molecular weight is 332 g/mol. The molecule has 0 bridgehead atoms. The lowest BCUT2D eigenvalue weighted by atomic mass is 9.95. The van der Waals surface area contributed by atoms with E-state index in [0.717, 1.165) is 0 Å². The average Bonchev–Trinajstić information content (AvgIpc) is 2.61. The number of phenolic OH excluding ortho intramolecular Hbond substituents is 4. The standard InChI is InChI=1S/C21H16O4/c22-18-9-12-5-1-3-7-14(12)20(24)16(18)11-17-19(23)10-13-6-2-4-8-15(13)21(17)25/h1-10,22-25H,11H2. The molecule has 0 heterocycles. The molecule has 0 spiro atoms. The first-order valence-electron chi connectivity index (χ1n) is 7.91. The highest BCUT2D eigenvalue weighted by molar-refractivity contribution is 5.93. The zero-order valence-corrected chi connectivity index (χ0v) is 13.3. The summed E-state index contributed by atoms with van der Waals surface area (Å²) >= 11 is 0. The van der Waals surface area contributed by atoms with Gasteiger partial charge in [0.25, 0.3) is 0 Å². The minimum atomic E-state index is -0.0804. The summed E-state index contributed by atoms with van der Waals surface area (Å²) in [5, 5.41) is 44.4. The molecule has 4 nitrogen and oxygen atoms in total. The lowest BCUT2D eigenvalue weighted by molar-refractivity contribution is 0.434. The van der Waals surface area contributed by atoms with E-state index < -0.39 is 0 Å². The van der Waals surface area contributed by atoms with E-state index in [4.69, 9.17) is 0 Å². The molecule has 0 aliphatic carbocycles. The number of aromatic hydroxyl groups is 4. The van der Waals surface area contributed by atoms with Crippen LogP contribution in [0.4, 0.5) is 0 Å². The van der Waals surface area contributed by atoms with Crippen molar-refractivity contribution in [2.24, 2.45) is 0 Å². The molecule has 0 aliphatic heterocycles. The van der Waals surface area contributed by atoms with Crippen LogP contribution in [0, 0.1) is 0 Å². The van der Waals surface area contributed by atoms with Crippen molar-refractivity contribution < 1.29 is 20.4 Å². The highest BCUT2D eigenvalue weighted by Gasteiger charge is 2.18. The zero-order chi connectivity index (χ0) is 17.6. The van der Waals surface area contributed by atoms with Gasteiger partial charge >= 0.3 is 0 Å². The van der Waals surface area contributed by atoms with E-state index in [0.29, 0.717) is 21.5 Å². The first kappa shape index (κ1) is 15.1. The van der Waals surface area contributed by atoms with Crippen LogP contribution in [0.2, 0.25) is 0 Å². The first-order chi connectivity index (χ1) is 12.1. The van der Waals surface area contributed by atoms with Crippen molar-refractivity contribution in [3.63, 3.8) is 0 Å². The molecule has 0 saturated carbocycles. The topological polar surface area (TPSA) is 80.9 Å². The van der Waals surface area contributed by atoms with E-state index >= 15 is 0 Å². The van der Waals surface area contributed by atoms with Gasteiger partial charge in [-0.25, -0.2) is 0 Å². The summed E-state index contributed by atoms with van der Waals surface area (Å²) in [6.07, 6.45) is 0.00496. The van der Waals surface area contributed by atoms with Crippen LogP contribution in [-0.2, 0) is 6.42 Å². The van der Waals surface area contributed by atoms with Crippen LogP contribution in [0.5, 0.6) is 23.0 Å². The number of phenols is 4. The first-order valence-corrected chi connectivity index (χ1v) is 7.91. The van der Waals surface area contributed by atoms with Gasteiger partial charge in [-0.05, 0) is 22.9 Å². The Morgan fingerprint density at radius 3 is 1.40 bits per heavy atom. The summed E-state index contributed by atoms with van der Waals surface area (Å²) in [6, 6.07) is 17.5. The second-order valence-electron chi connectivity index (χ2n) is 6.06. The lowest BCUT2D eigenvalue weighted by Gasteiger charge is -2.14. The summed E-state index contributed by atoms with van der Waals surface area (Å²) in [5.41, 5.74) is 0.527. The molecule has 0 aliphatic rings. The van der Waals surface area contributed by atoms with Crippen LogP contribution >= 0.6 is 0 Å². The van der Waals surface area contributed by atoms with Crippen LogP contribution < -0.4 is 0 Å². The Bertz CT molecular complexity index is 1030. The lowest BCUT2D eigenvalue weighted by Crippen LogP contribution is -1.93. The smallest absolute Gasteiger partial charge is 0.130 e. The Morgan fingerprint density at radius 1 is 0.560 bits per heavy atom. The predicted molar refractivity (Wildman–Crippen MR) is 97.4 cm³/mol. The van der Waals surface area contributed by atoms with E-state index in [2.05, 4.69) is 0 Å². The van der Waals surface area contributed by atoms with Crippen LogP contribution in [0.1, 0.15) is 11.1 Å². The molecular weight excluding hydrogens is 316 g/mol. The monoisotopic (exact) mass is 332 g/mol. The van der Waals surface area contributed by atoms with Gasteiger partial charge < -0.3 is 20.4 Å². The Morgan fingerprint density at radius 2 is 0.960 bits per heavy atom. The van der Waals surface area contributed by atoms with Crippen LogP contribution in [0.25, 0.3) is 21.5 Å². The van der Waals surface area contributed by atoms with Crippen LogP contribution in [-0.4, -0.2) is 20.4 Å². The second-order valence-corrected chi connectivity index (χ2v) is 6.06. The van der Waals surface area contributed by atoms with Crippen molar-refractivity contribution in [1.82, 2.24) is 0 Å². The molecule has 4 heteroatoms. The van der Waals surface area contributed by atoms with Gasteiger partial charge in [0.2, 0.25) is 0 Å². The van der Waals surface area contributed by atoms with Crippen molar-refractivity contribution >= 4 is 21.5 Å². The summed E-state index contributed by atoms with van der Waals surface area (Å²) < 4.78 is 0. The number of rotatable bonds is 2. The molecular formula is C21H16O4. The quantitative estimate of drug-likeness (QED) is 0.438. The van der Waals surface area contributed by atoms with E-state index in [9.17, 15) is 20.4 Å². The Labute approximate surface area is 143 Å². The molecule has 4 N–H and O–H groups in total. The minimum Gasteiger partial charge on any atom is -0.507 e. The third kappa shape index (κ3) is 2.39. The second kappa shape index (κ2) is 5.60. The molecule has 0 saturated heterocycles. The van der Waals surface area contributed by atoms with E-state index in [1.807, 2.05) is 12.1 Å². The number of benzene rings is 4. The SMILES string of the molecule is Oc1cc2ccccc2c(O)c1Cc1c(O)cc2ccccc2c1O. The normalized spacial score (nSPS) is 11.2. The summed E-state index contributed by atoms with van der Waals surface area (Å²) in [6.45, 7) is 0. The minimum absolute atomic E-state index is 0.00496. The van der Waals surface area contributed by atoms with Gasteiger partial charge in [-0.2, -0.15) is 0 Å². The fraction of sp³-hybridized carbons (Fsp3) is 0.0476. The number of hydrogen-bond acceptors (Lipinski definition) is 4. The molecule has 0 amide bonds. The molecule has 0 aromatic heterocycles. The molecule has 0 fully saturated rings. The Hall–Kier alpha value is -3.40. The van der Waals surface area contributed by atoms with Gasteiger partial charge in [0.05, 0.1) is 0 Å². The molecule has 0 radical (unpaired) electrons. The van der Waals surface area contributed by atoms with Gasteiger partial charge in [0.1, 0.15) is 23.0 Å². The maximum Gasteiger partial charge on any atom is 0.130 e. The van der Waals surface area contributed by atoms with Gasteiger partial charge in [0, 0.05) is 28.3 Å². The molecule has 4 rings (SSSR count). The number of fused-ring (bicyclic) bond motifs is 2. The van der Waals surface area contributed by atoms with E-state index in [1.165, 1.54) is 0 Å². The van der Waals surface area contributed by atoms with Crippen molar-refractivity contribution in [1.29, 1.82) is 0 Å². The molecule has 4 aromatic rings. The maximum absolute atomic E-state index is 10.6. The fourth-order valence-electron chi connectivity index (χ4n) is 3.24. The molecule has 0 unspecified atom stereocenters. The van der Waals surface area contributed by atoms with Gasteiger partial charge in [-0.1, -0.05) is 48.5 Å². The fourth-order valence-corrected chi connectivity index (χ4v) is 3.24. The van der Waals surface area contributed by atoms with Gasteiger partial charge in [-0.3, -0.25) is 0 Å². The third-order valence-corrected chi connectivity index (χ3v) is 4.56. The third-order valence-electron chi connectivity index (χ3n) is 4.56. The number of hydrogen-bond donors (Lipinski definition) is 4. The predicted octanol–water partition coefficient (Wildman–Crippen LogP) is 4.41. The maximum atomic E-state index is 10.6. The van der Waals surface area contributed by atoms with Crippen molar-refractivity contribution in [2.45, 2.75) is 6.42 Å². The molecule has 0 atom stereocenters. The highest BCUT2D eigenvalue weighted by atomic mass is 16.3. The van der Waals surface area contributed by atoms with Crippen LogP contribution in [0.3, 0.4) is 0 Å².